The minimum atomic E-state index is -0.964. The van der Waals surface area contributed by atoms with E-state index in [2.05, 4.69) is 6.92 Å². The van der Waals surface area contributed by atoms with Gasteiger partial charge in [0.25, 0.3) is 0 Å². The Morgan fingerprint density at radius 2 is 1.86 bits per heavy atom. The first-order valence-corrected chi connectivity index (χ1v) is 7.44. The summed E-state index contributed by atoms with van der Waals surface area (Å²) in [6, 6.07) is -0.801. The van der Waals surface area contributed by atoms with Crippen molar-refractivity contribution in [2.45, 2.75) is 43.9 Å². The molecule has 0 aliphatic carbocycles. The van der Waals surface area contributed by atoms with Crippen molar-refractivity contribution >= 4 is 76.8 Å². The Balaban J connectivity index is 2.51. The third-order valence-corrected chi connectivity index (χ3v) is 4.78. The maximum Gasteiger partial charge on any atom is 0.320 e. The van der Waals surface area contributed by atoms with E-state index >= 15 is 0 Å². The predicted octanol–water partition coefficient (Wildman–Crippen LogP) is -2.54. The summed E-state index contributed by atoms with van der Waals surface area (Å²) in [5.74, 6) is -0.0979. The van der Waals surface area contributed by atoms with Crippen LogP contribution in [0.3, 0.4) is 0 Å². The van der Waals surface area contributed by atoms with Crippen molar-refractivity contribution in [2.75, 3.05) is 0 Å². The van der Waals surface area contributed by atoms with Crippen LogP contribution < -0.4 is 5.73 Å². The quantitative estimate of drug-likeness (QED) is 0.451. The molecule has 3 N–H and O–H groups in total. The second kappa shape index (κ2) is 8.08. The molecule has 1 heterocycles. The lowest BCUT2D eigenvalue weighted by atomic mass is 8.57. The molecule has 1 rings (SSSR count). The number of aliphatic carboxylic acids is 1. The summed E-state index contributed by atoms with van der Waals surface area (Å²) in [4.78, 5) is 10.7. The highest BCUT2D eigenvalue weighted by atomic mass is 16.4. The smallest absolute Gasteiger partial charge is 0.320 e. The van der Waals surface area contributed by atoms with Gasteiger partial charge in [0.2, 0.25) is 0 Å². The predicted molar refractivity (Wildman–Crippen MR) is 100 cm³/mol. The Morgan fingerprint density at radius 1 is 1.29 bits per heavy atom. The first kappa shape index (κ1) is 19.1. The highest BCUT2D eigenvalue weighted by Gasteiger charge is 2.55. The molecule has 0 bridgehead atoms. The van der Waals surface area contributed by atoms with E-state index in [1.54, 1.807) is 0 Å². The van der Waals surface area contributed by atoms with Gasteiger partial charge in [-0.1, -0.05) is 31.4 Å². The topological polar surface area (TPSA) is 63.3 Å². The summed E-state index contributed by atoms with van der Waals surface area (Å²) >= 11 is 0. The Kier molecular flexibility index (Phi) is 7.36. The lowest BCUT2D eigenvalue weighted by molar-refractivity contribution is -0.138. The number of carbonyl (C=O) groups is 1. The molecule has 3 unspecified atom stereocenters. The van der Waals surface area contributed by atoms with E-state index in [-0.39, 0.29) is 13.0 Å². The van der Waals surface area contributed by atoms with Crippen molar-refractivity contribution in [3.63, 3.8) is 0 Å². The average Bonchev–Trinajstić information content (AvgIpc) is 2.99. The Bertz CT molecular complexity index is 358. The number of hydrogen-bond acceptors (Lipinski definition) is 2. The van der Waals surface area contributed by atoms with Crippen LogP contribution in [-0.4, -0.2) is 87.9 Å². The van der Waals surface area contributed by atoms with Crippen LogP contribution in [0.5, 0.6) is 0 Å². The standard InChI is InChI=1S/C8H15B10NO2/c1-5-6(3-2-4-7(19)8(20)21)14(5)18(16(11)12)17(13)15(9)10/h5-7H,2-4,19H2,1H3,(H,20,21). The fraction of sp³-hybridized carbons (Fsp3) is 0.875. The molecule has 1 fully saturated rings. The normalized spacial score (nSPS) is 21.5. The van der Waals surface area contributed by atoms with Gasteiger partial charge in [-0.25, -0.2) is 0 Å². The zero-order chi connectivity index (χ0) is 16.3. The highest BCUT2D eigenvalue weighted by Crippen LogP contribution is 2.53. The van der Waals surface area contributed by atoms with Gasteiger partial charge < -0.3 is 10.8 Å². The molecule has 21 heavy (non-hydrogen) atoms. The first-order chi connectivity index (χ1) is 9.68. The van der Waals surface area contributed by atoms with Crippen LogP contribution in [0.4, 0.5) is 0 Å². The minimum Gasteiger partial charge on any atom is -0.480 e. The fourth-order valence-electron chi connectivity index (χ4n) is 3.39. The van der Waals surface area contributed by atoms with E-state index in [9.17, 15) is 4.79 Å². The second-order valence-electron chi connectivity index (χ2n) is 6.29. The Hall–Kier alpha value is 0.0794. The van der Waals surface area contributed by atoms with Crippen LogP contribution in [0, 0.1) is 0 Å². The van der Waals surface area contributed by atoms with Crippen LogP contribution in [0.1, 0.15) is 26.2 Å². The van der Waals surface area contributed by atoms with Gasteiger partial charge in [0.05, 0.1) is 6.60 Å². The Labute approximate surface area is 136 Å². The molecule has 0 aromatic carbocycles. The summed E-state index contributed by atoms with van der Waals surface area (Å²) < 4.78 is 0. The van der Waals surface area contributed by atoms with E-state index in [1.165, 1.54) is 0 Å². The van der Waals surface area contributed by atoms with Gasteiger partial charge in [0.15, 0.2) is 0 Å². The van der Waals surface area contributed by atoms with Crippen LogP contribution >= 0.6 is 0 Å². The minimum absolute atomic E-state index is 0.127. The van der Waals surface area contributed by atoms with Gasteiger partial charge >= 0.3 is 5.97 Å². The molecule has 0 amide bonds. The van der Waals surface area contributed by atoms with E-state index in [4.69, 9.17) is 49.5 Å². The molecule has 1 saturated heterocycles. The summed E-state index contributed by atoms with van der Waals surface area (Å²) in [6.45, 7) is 2.41. The molecule has 0 saturated carbocycles. The van der Waals surface area contributed by atoms with Crippen molar-refractivity contribution in [3.8, 4) is 0 Å². The summed E-state index contributed by atoms with van der Waals surface area (Å²) in [5.41, 5.74) is 5.50. The SMILES string of the molecule is [B]B([B])B([B])B(B([B])[B])B1C(C)C1CCCC(N)C(=O)O. The fourth-order valence-corrected chi connectivity index (χ4v) is 3.39. The summed E-state index contributed by atoms with van der Waals surface area (Å²) in [5, 5.41) is 8.76. The van der Waals surface area contributed by atoms with Crippen LogP contribution in [0.15, 0.2) is 0 Å². The zero-order valence-corrected chi connectivity index (χ0v) is 12.6. The number of nitrogens with two attached hydrogens (primary N) is 1. The molecule has 0 aromatic heterocycles. The molecule has 1 aliphatic rings. The molecule has 94 valence electrons. The van der Waals surface area contributed by atoms with Crippen LogP contribution in [0.2, 0.25) is 11.6 Å². The Morgan fingerprint density at radius 3 is 2.29 bits per heavy atom. The molecule has 3 atom stereocenters. The van der Waals surface area contributed by atoms with E-state index in [1.807, 2.05) is 0 Å². The third-order valence-electron chi connectivity index (χ3n) is 4.78. The average molecular weight is 265 g/mol. The van der Waals surface area contributed by atoms with Crippen molar-refractivity contribution in [1.82, 2.24) is 0 Å². The van der Waals surface area contributed by atoms with Crippen LogP contribution in [0.25, 0.3) is 0 Å². The van der Waals surface area contributed by atoms with E-state index in [0.29, 0.717) is 18.1 Å². The first-order valence-electron chi connectivity index (χ1n) is 7.44. The number of rotatable bonds is 9. The monoisotopic (exact) mass is 267 g/mol. The molecule has 13 heteroatoms. The number of carboxylic acid groups (broad SMARTS) is 1. The summed E-state index contributed by atoms with van der Waals surface area (Å²) in [6.07, 6.45) is 0.333. The van der Waals surface area contributed by atoms with Gasteiger partial charge in [-0.2, -0.15) is 0 Å². The van der Waals surface area contributed by atoms with Gasteiger partial charge in [0.1, 0.15) is 6.04 Å². The second-order valence-corrected chi connectivity index (χ2v) is 6.29. The largest absolute Gasteiger partial charge is 0.480 e. The molecular weight excluding hydrogens is 250 g/mol. The van der Waals surface area contributed by atoms with Crippen molar-refractivity contribution in [1.29, 1.82) is 0 Å². The summed E-state index contributed by atoms with van der Waals surface area (Å²) in [7, 11) is 29.1. The maximum atomic E-state index is 10.7. The van der Waals surface area contributed by atoms with Gasteiger partial charge in [0, 0.05) is 64.2 Å². The molecule has 3 nitrogen and oxygen atoms in total. The number of hydrogen-bond donors (Lipinski definition) is 2. The van der Waals surface area contributed by atoms with E-state index < -0.39 is 31.2 Å². The molecule has 0 aromatic rings. The van der Waals surface area contributed by atoms with E-state index in [0.717, 1.165) is 12.8 Å². The molecule has 1 aliphatic heterocycles. The molecular formula is C8H15B10NO2. The lowest BCUT2D eigenvalue weighted by Crippen LogP contribution is -2.63. The van der Waals surface area contributed by atoms with Gasteiger partial charge in [-0.15, -0.1) is 0 Å². The maximum absolute atomic E-state index is 10.7. The zero-order valence-electron chi connectivity index (χ0n) is 12.6. The van der Waals surface area contributed by atoms with Gasteiger partial charge in [-0.05, 0) is 6.42 Å². The van der Waals surface area contributed by atoms with Crippen LogP contribution in [-0.2, 0) is 4.79 Å². The van der Waals surface area contributed by atoms with Crippen molar-refractivity contribution in [3.05, 3.63) is 0 Å². The molecule has 0 spiro atoms. The van der Waals surface area contributed by atoms with Gasteiger partial charge in [-0.3, -0.25) is 4.79 Å². The highest BCUT2D eigenvalue weighted by molar-refractivity contribution is 8.01. The van der Waals surface area contributed by atoms with Crippen molar-refractivity contribution < 1.29 is 9.90 Å². The molecule has 10 radical (unpaired) electrons. The third kappa shape index (κ3) is 5.04. The number of carboxylic acids is 1. The lowest BCUT2D eigenvalue weighted by Gasteiger charge is -2.26. The van der Waals surface area contributed by atoms with Crippen molar-refractivity contribution in [2.24, 2.45) is 5.73 Å².